The standard InChI is InChI=1S/C15H24N4O/c1-2-9-19(13-5-3-12(16)4-6-13)14-10-11(15(17)20)7-8-18-14/h7-8,10,12-13H,2-6,9,16H2,1H3,(H2,17,20). The van der Waals surface area contributed by atoms with Gasteiger partial charge in [0.15, 0.2) is 0 Å². The van der Waals surface area contributed by atoms with Gasteiger partial charge in [-0.1, -0.05) is 6.92 Å². The van der Waals surface area contributed by atoms with Crippen LogP contribution in [0.1, 0.15) is 49.4 Å². The molecule has 0 aromatic carbocycles. The fraction of sp³-hybridized carbons (Fsp3) is 0.600. The van der Waals surface area contributed by atoms with E-state index in [9.17, 15) is 4.79 Å². The lowest BCUT2D eigenvalue weighted by molar-refractivity contribution is 0.1000. The lowest BCUT2D eigenvalue weighted by Crippen LogP contribution is -2.42. The Bertz CT molecular complexity index is 455. The molecule has 0 atom stereocenters. The first kappa shape index (κ1) is 14.8. The molecule has 1 saturated carbocycles. The number of hydrogen-bond donors (Lipinski definition) is 2. The number of hydrogen-bond acceptors (Lipinski definition) is 4. The minimum atomic E-state index is -0.407. The maximum absolute atomic E-state index is 11.3. The van der Waals surface area contributed by atoms with Crippen molar-refractivity contribution in [2.45, 2.75) is 51.1 Å². The minimum Gasteiger partial charge on any atom is -0.366 e. The Hall–Kier alpha value is -1.62. The van der Waals surface area contributed by atoms with E-state index in [1.165, 1.54) is 0 Å². The first-order valence-corrected chi connectivity index (χ1v) is 7.40. The van der Waals surface area contributed by atoms with Crippen molar-refractivity contribution in [2.75, 3.05) is 11.4 Å². The van der Waals surface area contributed by atoms with Crippen molar-refractivity contribution in [2.24, 2.45) is 11.5 Å². The van der Waals surface area contributed by atoms with Crippen LogP contribution in [0, 0.1) is 0 Å². The first-order valence-electron chi connectivity index (χ1n) is 7.40. The molecule has 5 nitrogen and oxygen atoms in total. The predicted molar refractivity (Wildman–Crippen MR) is 80.6 cm³/mol. The molecule has 1 aliphatic rings. The summed E-state index contributed by atoms with van der Waals surface area (Å²) in [5.74, 6) is 0.444. The minimum absolute atomic E-state index is 0.333. The lowest BCUT2D eigenvalue weighted by atomic mass is 9.90. The van der Waals surface area contributed by atoms with Crippen LogP contribution in [-0.2, 0) is 0 Å². The summed E-state index contributed by atoms with van der Waals surface area (Å²) in [7, 11) is 0. The molecule has 1 aromatic rings. The van der Waals surface area contributed by atoms with E-state index >= 15 is 0 Å². The fourth-order valence-electron chi connectivity index (χ4n) is 2.87. The Labute approximate surface area is 120 Å². The number of nitrogens with zero attached hydrogens (tertiary/aromatic N) is 2. The van der Waals surface area contributed by atoms with E-state index in [-0.39, 0.29) is 0 Å². The topological polar surface area (TPSA) is 85.2 Å². The normalized spacial score (nSPS) is 22.5. The molecule has 0 radical (unpaired) electrons. The third kappa shape index (κ3) is 3.48. The molecule has 2 rings (SSSR count). The summed E-state index contributed by atoms with van der Waals surface area (Å²) < 4.78 is 0. The zero-order chi connectivity index (χ0) is 14.5. The maximum atomic E-state index is 11.3. The van der Waals surface area contributed by atoms with E-state index in [0.29, 0.717) is 17.6 Å². The third-order valence-corrected chi connectivity index (χ3v) is 3.97. The number of anilines is 1. The molecule has 0 aliphatic heterocycles. The van der Waals surface area contributed by atoms with Crippen LogP contribution in [0.15, 0.2) is 18.3 Å². The van der Waals surface area contributed by atoms with Crippen molar-refractivity contribution in [1.82, 2.24) is 4.98 Å². The Morgan fingerprint density at radius 2 is 2.10 bits per heavy atom. The fourth-order valence-corrected chi connectivity index (χ4v) is 2.87. The second-order valence-electron chi connectivity index (χ2n) is 5.53. The number of rotatable bonds is 5. The molecule has 1 aromatic heterocycles. The van der Waals surface area contributed by atoms with Crippen LogP contribution in [0.4, 0.5) is 5.82 Å². The monoisotopic (exact) mass is 276 g/mol. The Morgan fingerprint density at radius 1 is 1.40 bits per heavy atom. The lowest BCUT2D eigenvalue weighted by Gasteiger charge is -2.37. The van der Waals surface area contributed by atoms with E-state index in [2.05, 4.69) is 16.8 Å². The van der Waals surface area contributed by atoms with Crippen LogP contribution in [0.5, 0.6) is 0 Å². The molecular weight excluding hydrogens is 252 g/mol. The Balaban J connectivity index is 2.19. The van der Waals surface area contributed by atoms with Crippen molar-refractivity contribution in [3.63, 3.8) is 0 Å². The highest BCUT2D eigenvalue weighted by Crippen LogP contribution is 2.26. The number of primary amides is 1. The van der Waals surface area contributed by atoms with Crippen molar-refractivity contribution in [3.05, 3.63) is 23.9 Å². The Kier molecular flexibility index (Phi) is 4.95. The molecule has 0 spiro atoms. The summed E-state index contributed by atoms with van der Waals surface area (Å²) in [4.78, 5) is 18.0. The van der Waals surface area contributed by atoms with Gasteiger partial charge in [0.1, 0.15) is 5.82 Å². The molecule has 0 unspecified atom stereocenters. The maximum Gasteiger partial charge on any atom is 0.248 e. The summed E-state index contributed by atoms with van der Waals surface area (Å²) in [6.07, 6.45) is 6.99. The van der Waals surface area contributed by atoms with Crippen LogP contribution in [0.3, 0.4) is 0 Å². The van der Waals surface area contributed by atoms with Crippen molar-refractivity contribution in [3.8, 4) is 0 Å². The smallest absolute Gasteiger partial charge is 0.248 e. The number of nitrogens with two attached hydrogens (primary N) is 2. The van der Waals surface area contributed by atoms with Gasteiger partial charge in [-0.3, -0.25) is 4.79 Å². The van der Waals surface area contributed by atoms with Gasteiger partial charge in [-0.2, -0.15) is 0 Å². The summed E-state index contributed by atoms with van der Waals surface area (Å²) in [6, 6.07) is 4.25. The Morgan fingerprint density at radius 3 is 2.70 bits per heavy atom. The van der Waals surface area contributed by atoms with Gasteiger partial charge in [0.25, 0.3) is 0 Å². The molecular formula is C15H24N4O. The molecule has 0 bridgehead atoms. The number of amides is 1. The molecule has 110 valence electrons. The van der Waals surface area contributed by atoms with E-state index in [1.807, 2.05) is 0 Å². The van der Waals surface area contributed by atoms with Crippen LogP contribution in [0.2, 0.25) is 0 Å². The third-order valence-electron chi connectivity index (χ3n) is 3.97. The largest absolute Gasteiger partial charge is 0.366 e. The molecule has 0 saturated heterocycles. The number of aromatic nitrogens is 1. The van der Waals surface area contributed by atoms with Gasteiger partial charge in [0.2, 0.25) is 5.91 Å². The average molecular weight is 276 g/mol. The van der Waals surface area contributed by atoms with Crippen LogP contribution >= 0.6 is 0 Å². The zero-order valence-electron chi connectivity index (χ0n) is 12.1. The molecule has 1 fully saturated rings. The zero-order valence-corrected chi connectivity index (χ0v) is 12.1. The predicted octanol–water partition coefficient (Wildman–Crippen LogP) is 1.67. The van der Waals surface area contributed by atoms with Crippen molar-refractivity contribution in [1.29, 1.82) is 0 Å². The van der Waals surface area contributed by atoms with Crippen LogP contribution in [0.25, 0.3) is 0 Å². The molecule has 1 aliphatic carbocycles. The number of carbonyl (C=O) groups excluding carboxylic acids is 1. The van der Waals surface area contributed by atoms with Gasteiger partial charge in [-0.15, -0.1) is 0 Å². The first-order chi connectivity index (χ1) is 9.61. The van der Waals surface area contributed by atoms with Gasteiger partial charge in [-0.05, 0) is 44.2 Å². The molecule has 20 heavy (non-hydrogen) atoms. The summed E-state index contributed by atoms with van der Waals surface area (Å²) in [5, 5.41) is 0. The van der Waals surface area contributed by atoms with Gasteiger partial charge >= 0.3 is 0 Å². The van der Waals surface area contributed by atoms with Crippen molar-refractivity contribution >= 4 is 11.7 Å². The van der Waals surface area contributed by atoms with Crippen LogP contribution < -0.4 is 16.4 Å². The van der Waals surface area contributed by atoms with Gasteiger partial charge in [0, 0.05) is 30.4 Å². The summed E-state index contributed by atoms with van der Waals surface area (Å²) in [5.41, 5.74) is 11.8. The van der Waals surface area contributed by atoms with Gasteiger partial charge < -0.3 is 16.4 Å². The average Bonchev–Trinajstić information content (AvgIpc) is 2.46. The summed E-state index contributed by atoms with van der Waals surface area (Å²) >= 11 is 0. The second kappa shape index (κ2) is 6.70. The van der Waals surface area contributed by atoms with Crippen LogP contribution in [-0.4, -0.2) is 29.5 Å². The van der Waals surface area contributed by atoms with Crippen molar-refractivity contribution < 1.29 is 4.79 Å². The second-order valence-corrected chi connectivity index (χ2v) is 5.53. The SMILES string of the molecule is CCCN(c1cc(C(N)=O)ccn1)C1CCC(N)CC1. The number of carbonyl (C=O) groups is 1. The highest BCUT2D eigenvalue weighted by molar-refractivity contribution is 5.93. The van der Waals surface area contributed by atoms with E-state index in [4.69, 9.17) is 11.5 Å². The van der Waals surface area contributed by atoms with E-state index in [1.54, 1.807) is 18.3 Å². The summed E-state index contributed by atoms with van der Waals surface area (Å²) in [6.45, 7) is 3.09. The molecule has 1 amide bonds. The highest BCUT2D eigenvalue weighted by Gasteiger charge is 2.25. The van der Waals surface area contributed by atoms with E-state index < -0.39 is 5.91 Å². The molecule has 4 N–H and O–H groups in total. The molecule has 1 heterocycles. The quantitative estimate of drug-likeness (QED) is 0.856. The van der Waals surface area contributed by atoms with Gasteiger partial charge in [-0.25, -0.2) is 4.98 Å². The van der Waals surface area contributed by atoms with E-state index in [0.717, 1.165) is 44.5 Å². The van der Waals surface area contributed by atoms with Gasteiger partial charge in [0.05, 0.1) is 0 Å². The molecule has 5 heteroatoms. The highest BCUT2D eigenvalue weighted by atomic mass is 16.1. The number of pyridine rings is 1.